The van der Waals surface area contributed by atoms with Gasteiger partial charge in [0.25, 0.3) is 5.91 Å². The van der Waals surface area contributed by atoms with Gasteiger partial charge in [-0.05, 0) is 41.7 Å². The van der Waals surface area contributed by atoms with E-state index in [0.717, 1.165) is 16.9 Å². The summed E-state index contributed by atoms with van der Waals surface area (Å²) >= 11 is 6.07. The van der Waals surface area contributed by atoms with Crippen molar-refractivity contribution in [3.63, 3.8) is 0 Å². The van der Waals surface area contributed by atoms with Crippen molar-refractivity contribution in [3.8, 4) is 5.75 Å². The van der Waals surface area contributed by atoms with Crippen LogP contribution in [-0.2, 0) is 11.3 Å². The SMILES string of the molecule is Cc1ccc(C(C)C)cc1OCC(=O)NCc1ccccc1Cl. The van der Waals surface area contributed by atoms with E-state index in [4.69, 9.17) is 16.3 Å². The van der Waals surface area contributed by atoms with Crippen LogP contribution in [0.15, 0.2) is 42.5 Å². The van der Waals surface area contributed by atoms with Crippen molar-refractivity contribution in [1.82, 2.24) is 5.32 Å². The van der Waals surface area contributed by atoms with Crippen molar-refractivity contribution in [2.75, 3.05) is 6.61 Å². The maximum Gasteiger partial charge on any atom is 0.258 e. The number of nitrogens with one attached hydrogen (secondary N) is 1. The van der Waals surface area contributed by atoms with E-state index >= 15 is 0 Å². The van der Waals surface area contributed by atoms with Crippen LogP contribution in [0.1, 0.15) is 36.5 Å². The highest BCUT2D eigenvalue weighted by Crippen LogP contribution is 2.24. The lowest BCUT2D eigenvalue weighted by Gasteiger charge is -2.13. The number of halogens is 1. The van der Waals surface area contributed by atoms with E-state index in [-0.39, 0.29) is 12.5 Å². The second-order valence-corrected chi connectivity index (χ2v) is 6.24. The zero-order chi connectivity index (χ0) is 16.8. The van der Waals surface area contributed by atoms with E-state index < -0.39 is 0 Å². The Kier molecular flexibility index (Phi) is 6.05. The molecular formula is C19H22ClNO2. The molecule has 0 saturated carbocycles. The van der Waals surface area contributed by atoms with Gasteiger partial charge in [0.15, 0.2) is 6.61 Å². The molecule has 1 N–H and O–H groups in total. The molecule has 0 aromatic heterocycles. The topological polar surface area (TPSA) is 38.3 Å². The van der Waals surface area contributed by atoms with E-state index in [2.05, 4.69) is 25.2 Å². The molecule has 0 saturated heterocycles. The molecule has 0 heterocycles. The second kappa shape index (κ2) is 8.02. The fourth-order valence-corrected chi connectivity index (χ4v) is 2.36. The highest BCUT2D eigenvalue weighted by atomic mass is 35.5. The van der Waals surface area contributed by atoms with Gasteiger partial charge in [0.2, 0.25) is 0 Å². The monoisotopic (exact) mass is 331 g/mol. The van der Waals surface area contributed by atoms with Gasteiger partial charge in [-0.1, -0.05) is 55.8 Å². The number of rotatable bonds is 6. The standard InChI is InChI=1S/C19H22ClNO2/c1-13(2)15-9-8-14(3)18(10-15)23-12-19(22)21-11-16-6-4-5-7-17(16)20/h4-10,13H,11-12H2,1-3H3,(H,21,22). The predicted molar refractivity (Wildman–Crippen MR) is 94.1 cm³/mol. The Labute approximate surface area is 142 Å². The van der Waals surface area contributed by atoms with Gasteiger partial charge < -0.3 is 10.1 Å². The zero-order valence-corrected chi connectivity index (χ0v) is 14.5. The maximum absolute atomic E-state index is 12.0. The highest BCUT2D eigenvalue weighted by Gasteiger charge is 2.08. The van der Waals surface area contributed by atoms with Gasteiger partial charge in [0.1, 0.15) is 5.75 Å². The molecular weight excluding hydrogens is 310 g/mol. The van der Waals surface area contributed by atoms with Crippen LogP contribution in [0.25, 0.3) is 0 Å². The summed E-state index contributed by atoms with van der Waals surface area (Å²) in [5, 5.41) is 3.47. The summed E-state index contributed by atoms with van der Waals surface area (Å²) in [6.45, 7) is 6.62. The summed E-state index contributed by atoms with van der Waals surface area (Å²) in [6, 6.07) is 13.6. The van der Waals surface area contributed by atoms with Crippen LogP contribution in [0.4, 0.5) is 0 Å². The van der Waals surface area contributed by atoms with Gasteiger partial charge in [-0.15, -0.1) is 0 Å². The molecule has 0 atom stereocenters. The van der Waals surface area contributed by atoms with Crippen molar-refractivity contribution in [2.45, 2.75) is 33.2 Å². The van der Waals surface area contributed by atoms with Crippen LogP contribution in [0.3, 0.4) is 0 Å². The largest absolute Gasteiger partial charge is 0.483 e. The maximum atomic E-state index is 12.0. The third-order valence-corrected chi connectivity index (χ3v) is 4.04. The normalized spacial score (nSPS) is 10.7. The van der Waals surface area contributed by atoms with Gasteiger partial charge in [-0.2, -0.15) is 0 Å². The molecule has 0 unspecified atom stereocenters. The molecule has 2 rings (SSSR count). The van der Waals surface area contributed by atoms with Gasteiger partial charge in [0, 0.05) is 11.6 Å². The minimum absolute atomic E-state index is 0.00710. The minimum Gasteiger partial charge on any atom is -0.483 e. The number of aryl methyl sites for hydroxylation is 1. The quantitative estimate of drug-likeness (QED) is 0.848. The average molecular weight is 332 g/mol. The third kappa shape index (κ3) is 5.00. The average Bonchev–Trinajstić information content (AvgIpc) is 2.53. The molecule has 23 heavy (non-hydrogen) atoms. The van der Waals surface area contributed by atoms with Gasteiger partial charge >= 0.3 is 0 Å². The predicted octanol–water partition coefficient (Wildman–Crippen LogP) is 4.47. The smallest absolute Gasteiger partial charge is 0.258 e. The number of carbonyl (C=O) groups excluding carboxylic acids is 1. The summed E-state index contributed by atoms with van der Waals surface area (Å²) in [6.07, 6.45) is 0. The molecule has 2 aromatic carbocycles. The molecule has 3 nitrogen and oxygen atoms in total. The molecule has 0 spiro atoms. The Hall–Kier alpha value is -2.00. The van der Waals surface area contributed by atoms with Gasteiger partial charge in [0.05, 0.1) is 0 Å². The first-order chi connectivity index (χ1) is 11.0. The molecule has 4 heteroatoms. The number of ether oxygens (including phenoxy) is 1. The number of carbonyl (C=O) groups is 1. The second-order valence-electron chi connectivity index (χ2n) is 5.84. The number of hydrogen-bond donors (Lipinski definition) is 1. The molecule has 0 aliphatic heterocycles. The van der Waals surface area contributed by atoms with Crippen molar-refractivity contribution in [3.05, 3.63) is 64.2 Å². The van der Waals surface area contributed by atoms with Crippen LogP contribution in [0, 0.1) is 6.92 Å². The van der Waals surface area contributed by atoms with Crippen molar-refractivity contribution < 1.29 is 9.53 Å². The summed E-state index contributed by atoms with van der Waals surface area (Å²) < 4.78 is 5.66. The first kappa shape index (κ1) is 17.4. The van der Waals surface area contributed by atoms with E-state index in [1.165, 1.54) is 5.56 Å². The lowest BCUT2D eigenvalue weighted by atomic mass is 10.0. The lowest BCUT2D eigenvalue weighted by molar-refractivity contribution is -0.123. The zero-order valence-electron chi connectivity index (χ0n) is 13.7. The molecule has 0 fully saturated rings. The molecule has 0 radical (unpaired) electrons. The lowest BCUT2D eigenvalue weighted by Crippen LogP contribution is -2.28. The molecule has 0 aliphatic rings. The van der Waals surface area contributed by atoms with Crippen LogP contribution in [-0.4, -0.2) is 12.5 Å². The minimum atomic E-state index is -0.167. The Morgan fingerprint density at radius 1 is 1.22 bits per heavy atom. The number of amides is 1. The Balaban J connectivity index is 1.89. The third-order valence-electron chi connectivity index (χ3n) is 3.67. The van der Waals surface area contributed by atoms with Crippen LogP contribution in [0.5, 0.6) is 5.75 Å². The Morgan fingerprint density at radius 3 is 2.65 bits per heavy atom. The van der Waals surface area contributed by atoms with Crippen LogP contribution in [0.2, 0.25) is 5.02 Å². The van der Waals surface area contributed by atoms with Crippen molar-refractivity contribution in [1.29, 1.82) is 0 Å². The molecule has 0 bridgehead atoms. The molecule has 2 aromatic rings. The van der Waals surface area contributed by atoms with E-state index in [1.807, 2.05) is 37.3 Å². The number of hydrogen-bond acceptors (Lipinski definition) is 2. The van der Waals surface area contributed by atoms with Gasteiger partial charge in [-0.3, -0.25) is 4.79 Å². The summed E-state index contributed by atoms with van der Waals surface area (Å²) in [5.41, 5.74) is 3.11. The summed E-state index contributed by atoms with van der Waals surface area (Å²) in [5.74, 6) is 1.01. The van der Waals surface area contributed by atoms with Crippen molar-refractivity contribution >= 4 is 17.5 Å². The van der Waals surface area contributed by atoms with Crippen LogP contribution >= 0.6 is 11.6 Å². The summed E-state index contributed by atoms with van der Waals surface area (Å²) in [4.78, 5) is 12.0. The number of benzene rings is 2. The van der Waals surface area contributed by atoms with E-state index in [9.17, 15) is 4.79 Å². The Morgan fingerprint density at radius 2 is 1.96 bits per heavy atom. The highest BCUT2D eigenvalue weighted by molar-refractivity contribution is 6.31. The molecule has 0 aliphatic carbocycles. The van der Waals surface area contributed by atoms with E-state index in [1.54, 1.807) is 6.07 Å². The van der Waals surface area contributed by atoms with Gasteiger partial charge in [-0.25, -0.2) is 0 Å². The first-order valence-electron chi connectivity index (χ1n) is 7.71. The van der Waals surface area contributed by atoms with Crippen molar-refractivity contribution in [2.24, 2.45) is 0 Å². The Bertz CT molecular complexity index is 683. The molecule has 1 amide bonds. The summed E-state index contributed by atoms with van der Waals surface area (Å²) in [7, 11) is 0. The molecule has 122 valence electrons. The fourth-order valence-electron chi connectivity index (χ4n) is 2.16. The van der Waals surface area contributed by atoms with Crippen LogP contribution < -0.4 is 10.1 Å². The van der Waals surface area contributed by atoms with E-state index in [0.29, 0.717) is 17.5 Å². The first-order valence-corrected chi connectivity index (χ1v) is 8.08. The fraction of sp³-hybridized carbons (Fsp3) is 0.316.